The number of carbonyl (C=O) groups is 1. The summed E-state index contributed by atoms with van der Waals surface area (Å²) in [5, 5.41) is 0. The minimum Gasteiger partial charge on any atom is -0.443 e. The number of ether oxygens (including phenoxy) is 1. The molecule has 0 aromatic carbocycles. The van der Waals surface area contributed by atoms with Gasteiger partial charge in [0.05, 0.1) is 5.69 Å². The van der Waals surface area contributed by atoms with Crippen LogP contribution < -0.4 is 5.73 Å². The molecule has 0 unspecified atom stereocenters. The maximum Gasteiger partial charge on any atom is 0.404 e. The molecule has 1 amide bonds. The third kappa shape index (κ3) is 3.02. The molecule has 13 heavy (non-hydrogen) atoms. The van der Waals surface area contributed by atoms with E-state index in [0.717, 1.165) is 10.2 Å². The molecule has 0 radical (unpaired) electrons. The molecule has 1 aromatic heterocycles. The molecule has 0 aliphatic rings. The van der Waals surface area contributed by atoms with E-state index in [2.05, 4.69) is 25.7 Å². The SMILES string of the molecule is Cc1ccc(Br)c(COC(N)=O)n1. The summed E-state index contributed by atoms with van der Waals surface area (Å²) in [6.07, 6.45) is -0.796. The summed E-state index contributed by atoms with van der Waals surface area (Å²) >= 11 is 3.29. The molecule has 0 saturated carbocycles. The van der Waals surface area contributed by atoms with Crippen LogP contribution in [0.15, 0.2) is 16.6 Å². The van der Waals surface area contributed by atoms with Crippen LogP contribution in [0.2, 0.25) is 0 Å². The fourth-order valence-electron chi connectivity index (χ4n) is 0.834. The lowest BCUT2D eigenvalue weighted by Gasteiger charge is -2.04. The highest BCUT2D eigenvalue weighted by atomic mass is 79.9. The molecule has 1 rings (SSSR count). The molecular weight excluding hydrogens is 236 g/mol. The second-order valence-electron chi connectivity index (χ2n) is 2.49. The Bertz CT molecular complexity index is 328. The summed E-state index contributed by atoms with van der Waals surface area (Å²) < 4.78 is 5.42. The maximum atomic E-state index is 10.3. The molecule has 70 valence electrons. The van der Waals surface area contributed by atoms with E-state index in [-0.39, 0.29) is 6.61 Å². The standard InChI is InChI=1S/C8H9BrN2O2/c1-5-2-3-6(9)7(11-5)4-13-8(10)12/h2-3H,4H2,1H3,(H2,10,12). The molecule has 1 aromatic rings. The zero-order chi connectivity index (χ0) is 9.84. The van der Waals surface area contributed by atoms with Crippen LogP contribution in [0, 0.1) is 6.92 Å². The van der Waals surface area contributed by atoms with Crippen LogP contribution in [-0.2, 0) is 11.3 Å². The van der Waals surface area contributed by atoms with Crippen LogP contribution in [0.1, 0.15) is 11.4 Å². The molecule has 0 atom stereocenters. The number of primary amides is 1. The predicted molar refractivity (Wildman–Crippen MR) is 51.0 cm³/mol. The van der Waals surface area contributed by atoms with Crippen molar-refractivity contribution in [1.82, 2.24) is 4.98 Å². The highest BCUT2D eigenvalue weighted by Crippen LogP contribution is 2.15. The molecule has 1 heterocycles. The summed E-state index contributed by atoms with van der Waals surface area (Å²) in [6.45, 7) is 1.96. The highest BCUT2D eigenvalue weighted by Gasteiger charge is 2.03. The third-order valence-electron chi connectivity index (χ3n) is 1.41. The molecule has 0 fully saturated rings. The Morgan fingerprint density at radius 1 is 1.69 bits per heavy atom. The van der Waals surface area contributed by atoms with E-state index in [4.69, 9.17) is 5.73 Å². The quantitative estimate of drug-likeness (QED) is 0.863. The molecule has 0 bridgehead atoms. The van der Waals surface area contributed by atoms with E-state index in [1.165, 1.54) is 0 Å². The average molecular weight is 245 g/mol. The van der Waals surface area contributed by atoms with Gasteiger partial charge in [0.2, 0.25) is 0 Å². The number of hydrogen-bond donors (Lipinski definition) is 1. The van der Waals surface area contributed by atoms with E-state index in [1.807, 2.05) is 19.1 Å². The van der Waals surface area contributed by atoms with Crippen LogP contribution >= 0.6 is 15.9 Å². The number of pyridine rings is 1. The van der Waals surface area contributed by atoms with Crippen molar-refractivity contribution in [1.29, 1.82) is 0 Å². The number of hydrogen-bond acceptors (Lipinski definition) is 3. The second kappa shape index (κ2) is 4.23. The number of aryl methyl sites for hydroxylation is 1. The lowest BCUT2D eigenvalue weighted by molar-refractivity contribution is 0.148. The van der Waals surface area contributed by atoms with Gasteiger partial charge in [0.15, 0.2) is 0 Å². The van der Waals surface area contributed by atoms with E-state index in [9.17, 15) is 4.79 Å². The first-order valence-corrected chi connectivity index (χ1v) is 4.43. The fraction of sp³-hybridized carbons (Fsp3) is 0.250. The minimum absolute atomic E-state index is 0.0948. The van der Waals surface area contributed by atoms with E-state index >= 15 is 0 Å². The third-order valence-corrected chi connectivity index (χ3v) is 2.13. The molecule has 0 aliphatic heterocycles. The van der Waals surface area contributed by atoms with E-state index in [1.54, 1.807) is 0 Å². The Morgan fingerprint density at radius 2 is 2.38 bits per heavy atom. The summed E-state index contributed by atoms with van der Waals surface area (Å²) in [7, 11) is 0. The maximum absolute atomic E-state index is 10.3. The van der Waals surface area contributed by atoms with E-state index in [0.29, 0.717) is 5.69 Å². The average Bonchev–Trinajstić information content (AvgIpc) is 2.06. The Labute approximate surface area is 84.2 Å². The van der Waals surface area contributed by atoms with Crippen LogP contribution in [-0.4, -0.2) is 11.1 Å². The predicted octanol–water partition coefficient (Wildman–Crippen LogP) is 1.75. The second-order valence-corrected chi connectivity index (χ2v) is 3.34. The van der Waals surface area contributed by atoms with E-state index < -0.39 is 6.09 Å². The van der Waals surface area contributed by atoms with Gasteiger partial charge >= 0.3 is 6.09 Å². The smallest absolute Gasteiger partial charge is 0.404 e. The molecule has 0 spiro atoms. The topological polar surface area (TPSA) is 65.2 Å². The zero-order valence-electron chi connectivity index (χ0n) is 7.08. The van der Waals surface area contributed by atoms with Gasteiger partial charge in [-0.3, -0.25) is 4.98 Å². The van der Waals surface area contributed by atoms with Crippen molar-refractivity contribution in [3.8, 4) is 0 Å². The number of carbonyl (C=O) groups excluding carboxylic acids is 1. The van der Waals surface area contributed by atoms with Gasteiger partial charge in [-0.05, 0) is 35.0 Å². The van der Waals surface area contributed by atoms with Gasteiger partial charge < -0.3 is 10.5 Å². The highest BCUT2D eigenvalue weighted by molar-refractivity contribution is 9.10. The molecular formula is C8H9BrN2O2. The molecule has 0 aliphatic carbocycles. The summed E-state index contributed by atoms with van der Waals surface area (Å²) in [5.41, 5.74) is 6.36. The molecule has 0 saturated heterocycles. The first-order valence-electron chi connectivity index (χ1n) is 3.64. The Kier molecular flexibility index (Phi) is 3.25. The van der Waals surface area contributed by atoms with Crippen molar-refractivity contribution in [2.45, 2.75) is 13.5 Å². The first kappa shape index (κ1) is 9.98. The number of nitrogens with zero attached hydrogens (tertiary/aromatic N) is 1. The number of halogens is 1. The van der Waals surface area contributed by atoms with Gasteiger partial charge in [0.1, 0.15) is 6.61 Å². The zero-order valence-corrected chi connectivity index (χ0v) is 8.67. The van der Waals surface area contributed by atoms with Crippen molar-refractivity contribution in [2.24, 2.45) is 5.73 Å². The molecule has 2 N–H and O–H groups in total. The van der Waals surface area contributed by atoms with Crippen LogP contribution in [0.25, 0.3) is 0 Å². The van der Waals surface area contributed by atoms with Crippen LogP contribution in [0.4, 0.5) is 4.79 Å². The summed E-state index contributed by atoms with van der Waals surface area (Å²) in [6, 6.07) is 3.71. The first-order chi connectivity index (χ1) is 6.09. The minimum atomic E-state index is -0.796. The number of nitrogens with two attached hydrogens (primary N) is 1. The van der Waals surface area contributed by atoms with Crippen molar-refractivity contribution in [3.63, 3.8) is 0 Å². The molecule has 4 nitrogen and oxygen atoms in total. The van der Waals surface area contributed by atoms with Crippen LogP contribution in [0.3, 0.4) is 0 Å². The van der Waals surface area contributed by atoms with Crippen molar-refractivity contribution in [2.75, 3.05) is 0 Å². The fourth-order valence-corrected chi connectivity index (χ4v) is 1.17. The number of amides is 1. The number of aromatic nitrogens is 1. The van der Waals surface area contributed by atoms with Crippen molar-refractivity contribution >= 4 is 22.0 Å². The Morgan fingerprint density at radius 3 is 3.00 bits per heavy atom. The normalized spacial score (nSPS) is 9.69. The largest absolute Gasteiger partial charge is 0.443 e. The summed E-state index contributed by atoms with van der Waals surface area (Å²) in [5.74, 6) is 0. The van der Waals surface area contributed by atoms with Gasteiger partial charge in [-0.15, -0.1) is 0 Å². The van der Waals surface area contributed by atoms with Gasteiger partial charge in [-0.2, -0.15) is 0 Å². The van der Waals surface area contributed by atoms with Gasteiger partial charge in [-0.25, -0.2) is 4.79 Å². The van der Waals surface area contributed by atoms with Gasteiger partial charge in [0.25, 0.3) is 0 Å². The lowest BCUT2D eigenvalue weighted by Crippen LogP contribution is -2.13. The monoisotopic (exact) mass is 244 g/mol. The Hall–Kier alpha value is -1.10. The van der Waals surface area contributed by atoms with Crippen LogP contribution in [0.5, 0.6) is 0 Å². The van der Waals surface area contributed by atoms with Gasteiger partial charge in [0, 0.05) is 10.2 Å². The molecule has 5 heteroatoms. The van der Waals surface area contributed by atoms with Gasteiger partial charge in [-0.1, -0.05) is 0 Å². The van der Waals surface area contributed by atoms with Crippen molar-refractivity contribution in [3.05, 3.63) is 28.0 Å². The summed E-state index contributed by atoms with van der Waals surface area (Å²) in [4.78, 5) is 14.5. The Balaban J connectivity index is 2.75. The van der Waals surface area contributed by atoms with Crippen molar-refractivity contribution < 1.29 is 9.53 Å². The lowest BCUT2D eigenvalue weighted by atomic mass is 10.3. The number of rotatable bonds is 2.